The van der Waals surface area contributed by atoms with E-state index in [0.717, 1.165) is 31.5 Å². The van der Waals surface area contributed by atoms with Crippen LogP contribution in [-0.2, 0) is 6.54 Å². The van der Waals surface area contributed by atoms with Crippen LogP contribution in [0.1, 0.15) is 23.2 Å². The van der Waals surface area contributed by atoms with E-state index in [0.29, 0.717) is 52.1 Å². The molecule has 196 valence electrons. The molecule has 4 aromatic heterocycles. The van der Waals surface area contributed by atoms with E-state index in [-0.39, 0.29) is 24.0 Å². The van der Waals surface area contributed by atoms with Gasteiger partial charge in [0.15, 0.2) is 11.2 Å². The molecule has 6 rings (SSSR count). The maximum Gasteiger partial charge on any atom is 0.292 e. The Morgan fingerprint density at radius 2 is 1.89 bits per heavy atom. The molecular formula is C23H24ClN11O3. The number of nitrogens with zero attached hydrogens (tertiary/aromatic N) is 8. The number of aromatic nitrogens is 7. The second-order valence-electron chi connectivity index (χ2n) is 8.87. The zero-order valence-corrected chi connectivity index (χ0v) is 20.8. The van der Waals surface area contributed by atoms with Crippen molar-refractivity contribution in [1.82, 2.24) is 40.2 Å². The van der Waals surface area contributed by atoms with Crippen LogP contribution >= 0.6 is 12.4 Å². The molecule has 5 heterocycles. The summed E-state index contributed by atoms with van der Waals surface area (Å²) in [6.07, 6.45) is 6.02. The van der Waals surface area contributed by atoms with Crippen molar-refractivity contribution in [3.8, 4) is 11.3 Å². The van der Waals surface area contributed by atoms with Crippen LogP contribution in [0.4, 0.5) is 17.8 Å². The fourth-order valence-corrected chi connectivity index (χ4v) is 4.68. The van der Waals surface area contributed by atoms with E-state index in [9.17, 15) is 4.79 Å². The van der Waals surface area contributed by atoms with Gasteiger partial charge in [-0.25, -0.2) is 30.1 Å². The molecule has 0 saturated carbocycles. The normalized spacial score (nSPS) is 14.1. The second-order valence-corrected chi connectivity index (χ2v) is 8.87. The van der Waals surface area contributed by atoms with Gasteiger partial charge in [-0.15, -0.1) is 12.4 Å². The quantitative estimate of drug-likeness (QED) is 0.188. The number of benzene rings is 1. The minimum atomic E-state index is -0.648. The Kier molecular flexibility index (Phi) is 6.65. The van der Waals surface area contributed by atoms with E-state index in [1.165, 1.54) is 18.7 Å². The van der Waals surface area contributed by atoms with Gasteiger partial charge in [0.05, 0.1) is 10.9 Å². The van der Waals surface area contributed by atoms with Crippen LogP contribution in [0.25, 0.3) is 33.4 Å². The summed E-state index contributed by atoms with van der Waals surface area (Å²) in [5.74, 6) is 0.603. The van der Waals surface area contributed by atoms with Crippen molar-refractivity contribution in [2.75, 3.05) is 29.5 Å². The minimum absolute atomic E-state index is 0. The number of rotatable bonds is 5. The van der Waals surface area contributed by atoms with Crippen molar-refractivity contribution >= 4 is 58.2 Å². The highest BCUT2D eigenvalue weighted by Crippen LogP contribution is 2.33. The molecule has 1 amide bonds. The Labute approximate surface area is 221 Å². The van der Waals surface area contributed by atoms with E-state index in [2.05, 4.69) is 29.8 Å². The van der Waals surface area contributed by atoms with Gasteiger partial charge >= 0.3 is 0 Å². The number of nitrogens with two attached hydrogens (primary N) is 2. The van der Waals surface area contributed by atoms with Crippen molar-refractivity contribution in [2.24, 2.45) is 5.92 Å². The molecule has 15 heteroatoms. The molecule has 5 aromatic rings. The number of piperidine rings is 1. The minimum Gasteiger partial charge on any atom is -0.424 e. The lowest BCUT2D eigenvalue weighted by Gasteiger charge is -2.31. The summed E-state index contributed by atoms with van der Waals surface area (Å²) in [6.45, 7) is 2.17. The number of oxazole rings is 1. The molecule has 0 radical (unpaired) electrons. The van der Waals surface area contributed by atoms with Gasteiger partial charge in [0.25, 0.3) is 11.9 Å². The molecule has 6 N–H and O–H groups in total. The smallest absolute Gasteiger partial charge is 0.292 e. The first-order valence-electron chi connectivity index (χ1n) is 11.6. The number of amides is 1. The van der Waals surface area contributed by atoms with Crippen molar-refractivity contribution in [1.29, 1.82) is 0 Å². The van der Waals surface area contributed by atoms with Crippen molar-refractivity contribution in [3.63, 3.8) is 0 Å². The molecule has 0 atom stereocenters. The Morgan fingerprint density at radius 3 is 2.63 bits per heavy atom. The van der Waals surface area contributed by atoms with E-state index >= 15 is 0 Å². The first-order valence-corrected chi connectivity index (χ1v) is 11.6. The second kappa shape index (κ2) is 10.1. The number of nitrogens with one attached hydrogen (secondary N) is 1. The number of hydrogen-bond acceptors (Lipinski definition) is 12. The molecule has 1 fully saturated rings. The molecular weight excluding hydrogens is 514 g/mol. The van der Waals surface area contributed by atoms with Gasteiger partial charge in [0.1, 0.15) is 23.4 Å². The Bertz CT molecular complexity index is 1610. The molecule has 14 nitrogen and oxygen atoms in total. The van der Waals surface area contributed by atoms with E-state index in [1.54, 1.807) is 11.5 Å². The van der Waals surface area contributed by atoms with Crippen LogP contribution < -0.4 is 21.8 Å². The number of nitrogen functional groups attached to an aromatic ring is 2. The van der Waals surface area contributed by atoms with Gasteiger partial charge in [-0.1, -0.05) is 0 Å². The standard InChI is InChI=1S/C23H23N11O3.ClH/c24-19-17-18(13-1-2-16-15(7-13)30-22(25)37-16)31-34(20(17)29-11-28-19)10-12-3-5-33(6-4-12)23-26-8-14(9-27-23)21(35)32-36;/h1-2,7-9,11-12,36H,3-6,10H2,(H2,25,30)(H,32,35)(H2,24,28,29);1H. The van der Waals surface area contributed by atoms with Crippen LogP contribution in [-0.4, -0.2) is 58.9 Å². The van der Waals surface area contributed by atoms with Gasteiger partial charge in [-0.3, -0.25) is 10.0 Å². The molecule has 0 aliphatic carbocycles. The van der Waals surface area contributed by atoms with E-state index in [4.69, 9.17) is 26.2 Å². The zero-order chi connectivity index (χ0) is 25.5. The number of halogens is 1. The molecule has 0 spiro atoms. The SMILES string of the molecule is Cl.Nc1nc2cc(-c3nn(CC4CCN(c5ncc(C(=O)NO)cn5)CC4)c4ncnc(N)c34)ccc2o1. The molecule has 0 unspecified atom stereocenters. The topological polar surface area (TPSA) is 200 Å². The average molecular weight is 538 g/mol. The highest BCUT2D eigenvalue weighted by atomic mass is 35.5. The summed E-state index contributed by atoms with van der Waals surface area (Å²) in [7, 11) is 0. The van der Waals surface area contributed by atoms with Crippen LogP contribution in [0.5, 0.6) is 0 Å². The van der Waals surface area contributed by atoms with Gasteiger partial charge in [0, 0.05) is 37.6 Å². The molecule has 1 aliphatic heterocycles. The third-order valence-corrected chi connectivity index (χ3v) is 6.57. The van der Waals surface area contributed by atoms with E-state index < -0.39 is 5.91 Å². The largest absolute Gasteiger partial charge is 0.424 e. The molecule has 38 heavy (non-hydrogen) atoms. The summed E-state index contributed by atoms with van der Waals surface area (Å²) in [6, 6.07) is 5.66. The summed E-state index contributed by atoms with van der Waals surface area (Å²) in [5, 5.41) is 14.3. The van der Waals surface area contributed by atoms with Crippen molar-refractivity contribution < 1.29 is 14.4 Å². The summed E-state index contributed by atoms with van der Waals surface area (Å²) in [5.41, 5.74) is 17.1. The highest BCUT2D eigenvalue weighted by molar-refractivity contribution is 5.99. The average Bonchev–Trinajstić information content (AvgIpc) is 3.48. The number of hydrogen-bond donors (Lipinski definition) is 4. The third-order valence-electron chi connectivity index (χ3n) is 6.57. The molecule has 1 aliphatic rings. The monoisotopic (exact) mass is 537 g/mol. The van der Waals surface area contributed by atoms with Gasteiger partial charge in [0.2, 0.25) is 5.95 Å². The lowest BCUT2D eigenvalue weighted by atomic mass is 9.97. The third kappa shape index (κ3) is 4.50. The van der Waals surface area contributed by atoms with Gasteiger partial charge in [-0.2, -0.15) is 10.1 Å². The van der Waals surface area contributed by atoms with E-state index in [1.807, 2.05) is 16.8 Å². The Balaban J connectivity index is 0.00000294. The first kappa shape index (κ1) is 25.1. The van der Waals surface area contributed by atoms with Crippen LogP contribution in [0.15, 0.2) is 41.3 Å². The van der Waals surface area contributed by atoms with Gasteiger partial charge in [-0.05, 0) is 37.0 Å². The number of anilines is 3. The zero-order valence-electron chi connectivity index (χ0n) is 20.0. The maximum atomic E-state index is 11.5. The molecule has 0 bridgehead atoms. The van der Waals surface area contributed by atoms with Gasteiger partial charge < -0.3 is 20.8 Å². The maximum absolute atomic E-state index is 11.5. The summed E-state index contributed by atoms with van der Waals surface area (Å²) >= 11 is 0. The summed E-state index contributed by atoms with van der Waals surface area (Å²) < 4.78 is 7.28. The number of carbonyl (C=O) groups is 1. The van der Waals surface area contributed by atoms with Crippen molar-refractivity contribution in [2.45, 2.75) is 19.4 Å². The summed E-state index contributed by atoms with van der Waals surface area (Å²) in [4.78, 5) is 35.0. The highest BCUT2D eigenvalue weighted by Gasteiger charge is 2.25. The van der Waals surface area contributed by atoms with Crippen LogP contribution in [0.2, 0.25) is 0 Å². The Morgan fingerprint density at radius 1 is 1.13 bits per heavy atom. The molecule has 1 saturated heterocycles. The lowest BCUT2D eigenvalue weighted by Crippen LogP contribution is -2.36. The number of hydroxylamine groups is 1. The van der Waals surface area contributed by atoms with Crippen LogP contribution in [0, 0.1) is 5.92 Å². The molecule has 1 aromatic carbocycles. The number of fused-ring (bicyclic) bond motifs is 2. The van der Waals surface area contributed by atoms with Crippen LogP contribution in [0.3, 0.4) is 0 Å². The number of carbonyl (C=O) groups excluding carboxylic acids is 1. The Hall–Kier alpha value is -4.56. The predicted octanol–water partition coefficient (Wildman–Crippen LogP) is 2.05. The predicted molar refractivity (Wildman–Crippen MR) is 141 cm³/mol. The first-order chi connectivity index (χ1) is 18.0. The fraction of sp³-hybridized carbons (Fsp3) is 0.261. The lowest BCUT2D eigenvalue weighted by molar-refractivity contribution is 0.0705. The fourth-order valence-electron chi connectivity index (χ4n) is 4.68. The van der Waals surface area contributed by atoms with Crippen molar-refractivity contribution in [3.05, 3.63) is 42.5 Å².